The molecule has 0 amide bonds. The summed E-state index contributed by atoms with van der Waals surface area (Å²) in [7, 11) is 0. The van der Waals surface area contributed by atoms with E-state index < -0.39 is 5.97 Å². The highest BCUT2D eigenvalue weighted by Gasteiger charge is 2.09. The number of halogens is 1. The first-order valence-corrected chi connectivity index (χ1v) is 4.87. The van der Waals surface area contributed by atoms with Crippen LogP contribution in [0.25, 0.3) is 5.69 Å². The number of hydrogen-bond acceptors (Lipinski definition) is 3. The minimum absolute atomic E-state index is 0.213. The monoisotopic (exact) mass is 267 g/mol. The van der Waals surface area contributed by atoms with Crippen LogP contribution in [0.2, 0.25) is 0 Å². The number of carboxylic acid groups (broad SMARTS) is 1. The second-order valence-electron chi connectivity index (χ2n) is 2.80. The Kier molecular flexibility index (Phi) is 2.51. The van der Waals surface area contributed by atoms with Crippen LogP contribution in [0.3, 0.4) is 0 Å². The molecule has 0 spiro atoms. The fourth-order valence-corrected chi connectivity index (χ4v) is 1.49. The van der Waals surface area contributed by atoms with Gasteiger partial charge in [0.05, 0.1) is 5.69 Å². The van der Waals surface area contributed by atoms with Crippen LogP contribution in [0.1, 0.15) is 10.6 Å². The van der Waals surface area contributed by atoms with Crippen molar-refractivity contribution in [1.29, 1.82) is 0 Å². The van der Waals surface area contributed by atoms with E-state index in [1.54, 1.807) is 0 Å². The van der Waals surface area contributed by atoms with E-state index in [-0.39, 0.29) is 5.82 Å². The van der Waals surface area contributed by atoms with E-state index in [4.69, 9.17) is 5.11 Å². The Balaban J connectivity index is 2.41. The summed E-state index contributed by atoms with van der Waals surface area (Å²) in [5, 5.41) is 12.5. The quantitative estimate of drug-likeness (QED) is 0.900. The fourth-order valence-electron chi connectivity index (χ4n) is 1.10. The smallest absolute Gasteiger partial charge is 0.375 e. The zero-order chi connectivity index (χ0) is 10.8. The maximum Gasteiger partial charge on any atom is 0.375 e. The van der Waals surface area contributed by atoms with Crippen molar-refractivity contribution in [1.82, 2.24) is 14.8 Å². The molecule has 76 valence electrons. The summed E-state index contributed by atoms with van der Waals surface area (Å²) in [6, 6.07) is 7.34. The number of nitrogens with zero attached hydrogens (tertiary/aromatic N) is 3. The van der Waals surface area contributed by atoms with Crippen molar-refractivity contribution < 1.29 is 9.90 Å². The Morgan fingerprint density at radius 2 is 2.27 bits per heavy atom. The van der Waals surface area contributed by atoms with Gasteiger partial charge in [0.2, 0.25) is 0 Å². The maximum absolute atomic E-state index is 10.6. The van der Waals surface area contributed by atoms with Gasteiger partial charge in [0.1, 0.15) is 6.33 Å². The second-order valence-corrected chi connectivity index (χ2v) is 3.71. The summed E-state index contributed by atoms with van der Waals surface area (Å²) in [4.78, 5) is 14.2. The van der Waals surface area contributed by atoms with Gasteiger partial charge in [0.15, 0.2) is 0 Å². The molecule has 15 heavy (non-hydrogen) atoms. The largest absolute Gasteiger partial charge is 0.475 e. The molecule has 0 saturated carbocycles. The third-order valence-electron chi connectivity index (χ3n) is 1.76. The third-order valence-corrected chi connectivity index (χ3v) is 2.25. The van der Waals surface area contributed by atoms with Gasteiger partial charge in [-0.2, -0.15) is 0 Å². The SMILES string of the molecule is O=C(O)c1ncn(-c2cccc(Br)c2)n1. The zero-order valence-electron chi connectivity index (χ0n) is 7.46. The molecule has 0 unspecified atom stereocenters. The first-order chi connectivity index (χ1) is 7.16. The molecule has 5 nitrogen and oxygen atoms in total. The Bertz CT molecular complexity index is 510. The second kappa shape index (κ2) is 3.82. The van der Waals surface area contributed by atoms with Crippen molar-refractivity contribution in [2.45, 2.75) is 0 Å². The summed E-state index contributed by atoms with van der Waals surface area (Å²) in [6.07, 6.45) is 1.37. The van der Waals surface area contributed by atoms with Crippen LogP contribution in [-0.2, 0) is 0 Å². The molecule has 0 aliphatic carbocycles. The highest BCUT2D eigenvalue weighted by Crippen LogP contribution is 2.14. The van der Waals surface area contributed by atoms with E-state index in [1.807, 2.05) is 24.3 Å². The van der Waals surface area contributed by atoms with Crippen LogP contribution >= 0.6 is 15.9 Å². The Morgan fingerprint density at radius 3 is 2.87 bits per heavy atom. The van der Waals surface area contributed by atoms with Gasteiger partial charge in [-0.25, -0.2) is 14.5 Å². The molecule has 1 heterocycles. The lowest BCUT2D eigenvalue weighted by Crippen LogP contribution is -2.01. The van der Waals surface area contributed by atoms with Crippen molar-refractivity contribution in [2.75, 3.05) is 0 Å². The summed E-state index contributed by atoms with van der Waals surface area (Å²) in [5.74, 6) is -1.35. The van der Waals surface area contributed by atoms with Crippen LogP contribution in [0.15, 0.2) is 35.1 Å². The lowest BCUT2D eigenvalue weighted by Gasteiger charge is -1.99. The summed E-state index contributed by atoms with van der Waals surface area (Å²) >= 11 is 3.32. The minimum atomic E-state index is -1.14. The van der Waals surface area contributed by atoms with Gasteiger partial charge in [0.25, 0.3) is 5.82 Å². The number of aromatic carboxylic acids is 1. The topological polar surface area (TPSA) is 68.0 Å². The molecule has 6 heteroatoms. The van der Waals surface area contributed by atoms with E-state index in [9.17, 15) is 4.79 Å². The lowest BCUT2D eigenvalue weighted by atomic mass is 10.3. The van der Waals surface area contributed by atoms with Crippen molar-refractivity contribution in [3.05, 3.63) is 40.9 Å². The van der Waals surface area contributed by atoms with Crippen molar-refractivity contribution in [2.24, 2.45) is 0 Å². The molecule has 1 N–H and O–H groups in total. The van der Waals surface area contributed by atoms with Crippen LogP contribution in [-0.4, -0.2) is 25.8 Å². The van der Waals surface area contributed by atoms with Gasteiger partial charge in [-0.05, 0) is 18.2 Å². The molecule has 0 saturated heterocycles. The average Bonchev–Trinajstić information content (AvgIpc) is 2.66. The molecular weight excluding hydrogens is 262 g/mol. The van der Waals surface area contributed by atoms with Gasteiger partial charge in [0, 0.05) is 4.47 Å². The average molecular weight is 268 g/mol. The van der Waals surface area contributed by atoms with E-state index in [0.717, 1.165) is 10.2 Å². The van der Waals surface area contributed by atoms with Crippen LogP contribution in [0.5, 0.6) is 0 Å². The highest BCUT2D eigenvalue weighted by molar-refractivity contribution is 9.10. The standard InChI is InChI=1S/C9H6BrN3O2/c10-6-2-1-3-7(4-6)13-5-11-8(12-13)9(14)15/h1-5H,(H,14,15). The first kappa shape index (κ1) is 9.85. The van der Waals surface area contributed by atoms with E-state index in [2.05, 4.69) is 26.0 Å². The normalized spacial score (nSPS) is 10.2. The molecule has 2 aromatic rings. The maximum atomic E-state index is 10.6. The van der Waals surface area contributed by atoms with Gasteiger partial charge < -0.3 is 5.11 Å². The molecule has 0 radical (unpaired) electrons. The highest BCUT2D eigenvalue weighted by atomic mass is 79.9. The van der Waals surface area contributed by atoms with Gasteiger partial charge >= 0.3 is 5.97 Å². The van der Waals surface area contributed by atoms with E-state index >= 15 is 0 Å². The third kappa shape index (κ3) is 2.04. The molecule has 1 aromatic carbocycles. The molecular formula is C9H6BrN3O2. The van der Waals surface area contributed by atoms with Gasteiger partial charge in [-0.1, -0.05) is 22.0 Å². The molecule has 0 fully saturated rings. The Labute approximate surface area is 93.5 Å². The first-order valence-electron chi connectivity index (χ1n) is 4.08. The number of hydrogen-bond donors (Lipinski definition) is 1. The van der Waals surface area contributed by atoms with E-state index in [1.165, 1.54) is 11.0 Å². The molecule has 0 bridgehead atoms. The fraction of sp³-hybridized carbons (Fsp3) is 0. The number of carbonyl (C=O) groups is 1. The van der Waals surface area contributed by atoms with Crippen LogP contribution < -0.4 is 0 Å². The van der Waals surface area contributed by atoms with Crippen molar-refractivity contribution >= 4 is 21.9 Å². The number of rotatable bonds is 2. The van der Waals surface area contributed by atoms with Crippen molar-refractivity contribution in [3.8, 4) is 5.69 Å². The molecule has 0 aliphatic heterocycles. The number of aromatic nitrogens is 3. The molecule has 0 atom stereocenters. The Morgan fingerprint density at radius 1 is 1.47 bits per heavy atom. The molecule has 2 rings (SSSR count). The summed E-state index contributed by atoms with van der Waals surface area (Å²) in [6.45, 7) is 0. The number of benzene rings is 1. The zero-order valence-corrected chi connectivity index (χ0v) is 9.05. The minimum Gasteiger partial charge on any atom is -0.475 e. The Hall–Kier alpha value is -1.69. The molecule has 1 aromatic heterocycles. The number of carboxylic acids is 1. The lowest BCUT2D eigenvalue weighted by molar-refractivity contribution is 0.0683. The van der Waals surface area contributed by atoms with Crippen molar-refractivity contribution in [3.63, 3.8) is 0 Å². The summed E-state index contributed by atoms with van der Waals surface area (Å²) in [5.41, 5.74) is 0.754. The molecule has 0 aliphatic rings. The van der Waals surface area contributed by atoms with Gasteiger partial charge in [-0.15, -0.1) is 5.10 Å². The van der Waals surface area contributed by atoms with Crippen LogP contribution in [0.4, 0.5) is 0 Å². The predicted molar refractivity (Wildman–Crippen MR) is 56.0 cm³/mol. The summed E-state index contributed by atoms with van der Waals surface area (Å²) < 4.78 is 2.31. The van der Waals surface area contributed by atoms with Gasteiger partial charge in [-0.3, -0.25) is 0 Å². The predicted octanol–water partition coefficient (Wildman–Crippen LogP) is 1.73. The van der Waals surface area contributed by atoms with Crippen LogP contribution in [0, 0.1) is 0 Å². The van der Waals surface area contributed by atoms with E-state index in [0.29, 0.717) is 0 Å².